The van der Waals surface area contributed by atoms with E-state index in [1.165, 1.54) is 6.92 Å². The Labute approximate surface area is 283 Å². The molecule has 48 heavy (non-hydrogen) atoms. The Morgan fingerprint density at radius 2 is 1.31 bits per heavy atom. The van der Waals surface area contributed by atoms with Gasteiger partial charge in [-0.25, -0.2) is 0 Å². The molecule has 4 atom stereocenters. The van der Waals surface area contributed by atoms with Gasteiger partial charge in [0, 0.05) is 12.3 Å². The average molecular weight is 661 g/mol. The van der Waals surface area contributed by atoms with Crippen molar-refractivity contribution in [3.8, 4) is 23.0 Å². The number of Topliss-reactive ketones (excluding diaryl/α,β-unsaturated/α-hetero) is 1. The molecule has 10 nitrogen and oxygen atoms in total. The zero-order valence-corrected chi connectivity index (χ0v) is 28.5. The van der Waals surface area contributed by atoms with Crippen LogP contribution in [0, 0.1) is 11.8 Å². The first kappa shape index (κ1) is 36.3. The fourth-order valence-electron chi connectivity index (χ4n) is 6.27. The highest BCUT2D eigenvalue weighted by Gasteiger charge is 2.56. The van der Waals surface area contributed by atoms with Gasteiger partial charge in [-0.1, -0.05) is 50.1 Å². The van der Waals surface area contributed by atoms with Crippen molar-refractivity contribution in [3.63, 3.8) is 0 Å². The number of anilines is 2. The lowest BCUT2D eigenvalue weighted by Crippen LogP contribution is -2.56. The third kappa shape index (κ3) is 8.66. The summed E-state index contributed by atoms with van der Waals surface area (Å²) in [6, 6.07) is 19.1. The maximum absolute atomic E-state index is 14.3. The predicted molar refractivity (Wildman–Crippen MR) is 185 cm³/mol. The van der Waals surface area contributed by atoms with Gasteiger partial charge < -0.3 is 34.7 Å². The van der Waals surface area contributed by atoms with E-state index < -0.39 is 47.4 Å². The molecule has 258 valence electrons. The van der Waals surface area contributed by atoms with Crippen LogP contribution in [-0.2, 0) is 14.4 Å². The minimum absolute atomic E-state index is 0.340. The fraction of sp³-hybridized carbons (Fsp3) is 0.447. The van der Waals surface area contributed by atoms with Crippen molar-refractivity contribution in [1.82, 2.24) is 0 Å². The molecule has 4 rings (SSSR count). The zero-order valence-electron chi connectivity index (χ0n) is 28.5. The molecule has 0 saturated heterocycles. The van der Waals surface area contributed by atoms with Crippen LogP contribution in [0.1, 0.15) is 71.8 Å². The minimum atomic E-state index is -1.80. The van der Waals surface area contributed by atoms with Crippen LogP contribution < -0.4 is 29.6 Å². The van der Waals surface area contributed by atoms with Crippen LogP contribution in [0.3, 0.4) is 0 Å². The predicted octanol–water partition coefficient (Wildman–Crippen LogP) is 6.77. The van der Waals surface area contributed by atoms with E-state index in [1.54, 1.807) is 66.7 Å². The van der Waals surface area contributed by atoms with Crippen LogP contribution in [0.25, 0.3) is 0 Å². The van der Waals surface area contributed by atoms with Gasteiger partial charge in [0.05, 0.1) is 49.3 Å². The number of aliphatic hydroxyl groups is 1. The first-order valence-corrected chi connectivity index (χ1v) is 16.8. The number of para-hydroxylation sites is 4. The van der Waals surface area contributed by atoms with E-state index in [0.717, 1.165) is 19.3 Å². The highest BCUT2D eigenvalue weighted by molar-refractivity contribution is 6.11. The average Bonchev–Trinajstić information content (AvgIpc) is 3.05. The van der Waals surface area contributed by atoms with Crippen molar-refractivity contribution in [3.05, 3.63) is 72.3 Å². The molecule has 3 aromatic rings. The van der Waals surface area contributed by atoms with Gasteiger partial charge in [-0.15, -0.1) is 0 Å². The van der Waals surface area contributed by atoms with E-state index in [1.807, 2.05) is 20.8 Å². The van der Waals surface area contributed by atoms with E-state index in [0.29, 0.717) is 66.4 Å². The molecule has 0 radical (unpaired) electrons. The summed E-state index contributed by atoms with van der Waals surface area (Å²) < 4.78 is 23.5. The van der Waals surface area contributed by atoms with Crippen LogP contribution in [0.5, 0.6) is 23.0 Å². The van der Waals surface area contributed by atoms with Crippen LogP contribution in [-0.4, -0.2) is 54.7 Å². The van der Waals surface area contributed by atoms with E-state index in [9.17, 15) is 19.5 Å². The fourth-order valence-corrected chi connectivity index (χ4v) is 6.27. The monoisotopic (exact) mass is 660 g/mol. The molecule has 1 saturated carbocycles. The quantitative estimate of drug-likeness (QED) is 0.113. The summed E-state index contributed by atoms with van der Waals surface area (Å²) in [5, 5.41) is 17.6. The molecule has 3 N–H and O–H groups in total. The molecular weight excluding hydrogens is 612 g/mol. The van der Waals surface area contributed by atoms with Gasteiger partial charge in [0.1, 0.15) is 23.2 Å². The summed E-state index contributed by atoms with van der Waals surface area (Å²) in [6.45, 7) is 10.7. The number of carbonyl (C=O) groups excluding carboxylic acids is 3. The first-order valence-electron chi connectivity index (χ1n) is 16.8. The van der Waals surface area contributed by atoms with Crippen molar-refractivity contribution < 1.29 is 38.4 Å². The van der Waals surface area contributed by atoms with Crippen molar-refractivity contribution >= 4 is 29.0 Å². The third-order valence-corrected chi connectivity index (χ3v) is 8.38. The van der Waals surface area contributed by atoms with E-state index >= 15 is 0 Å². The molecule has 1 aliphatic carbocycles. The number of ether oxygens (including phenoxy) is 4. The van der Waals surface area contributed by atoms with E-state index in [-0.39, 0.29) is 0 Å². The number of carbonyl (C=O) groups is 3. The summed E-state index contributed by atoms with van der Waals surface area (Å²) in [6.07, 6.45) is 2.54. The first-order chi connectivity index (χ1) is 23.1. The number of hydrogen-bond donors (Lipinski definition) is 3. The summed E-state index contributed by atoms with van der Waals surface area (Å²) in [7, 11) is 0. The molecule has 1 aliphatic rings. The highest BCUT2D eigenvalue weighted by Crippen LogP contribution is 2.48. The van der Waals surface area contributed by atoms with E-state index in [2.05, 4.69) is 17.6 Å². The van der Waals surface area contributed by atoms with Crippen LogP contribution in [0.2, 0.25) is 0 Å². The number of benzene rings is 3. The molecule has 0 spiro atoms. The molecule has 4 unspecified atom stereocenters. The van der Waals surface area contributed by atoms with Crippen molar-refractivity contribution in [2.75, 3.05) is 37.1 Å². The molecule has 0 bridgehead atoms. The van der Waals surface area contributed by atoms with Crippen LogP contribution >= 0.6 is 0 Å². The molecule has 3 aromatic carbocycles. The second kappa shape index (κ2) is 17.0. The molecule has 10 heteroatoms. The second-order valence-electron chi connectivity index (χ2n) is 12.0. The molecule has 0 aliphatic heterocycles. The Kier molecular flexibility index (Phi) is 12.9. The summed E-state index contributed by atoms with van der Waals surface area (Å²) >= 11 is 0. The maximum atomic E-state index is 14.3. The normalized spacial score (nSPS) is 20.5. The SMILES string of the molecule is CCCCCOc1ccc(C2C(C(=O)Nc3ccccc3OCC)C(=O)CC(C)(O)C2C(=O)Nc2ccccc2OCC)cc1OCC. The topological polar surface area (TPSA) is 132 Å². The highest BCUT2D eigenvalue weighted by atomic mass is 16.5. The van der Waals surface area contributed by atoms with Gasteiger partial charge in [-0.05, 0) is 76.1 Å². The third-order valence-electron chi connectivity index (χ3n) is 8.38. The Morgan fingerprint density at radius 3 is 1.90 bits per heavy atom. The van der Waals surface area contributed by atoms with E-state index in [4.69, 9.17) is 18.9 Å². The number of unbranched alkanes of at least 4 members (excludes halogenated alkanes) is 2. The van der Waals surface area contributed by atoms with Crippen molar-refractivity contribution in [1.29, 1.82) is 0 Å². The Morgan fingerprint density at radius 1 is 0.750 bits per heavy atom. The van der Waals surface area contributed by atoms with Gasteiger partial charge in [-0.3, -0.25) is 14.4 Å². The molecule has 2 amide bonds. The molecule has 0 aromatic heterocycles. The van der Waals surface area contributed by atoms with Gasteiger partial charge >= 0.3 is 0 Å². The maximum Gasteiger partial charge on any atom is 0.235 e. The number of amides is 2. The largest absolute Gasteiger partial charge is 0.492 e. The van der Waals surface area contributed by atoms with Gasteiger partial charge in [0.2, 0.25) is 11.8 Å². The lowest BCUT2D eigenvalue weighted by atomic mass is 9.61. The standard InChI is InChI=1S/C38H48N2O8/c1-6-10-15-22-48-31-21-20-25(23-32(31)47-9-4)33-34(36(42)39-26-16-11-13-18-29(26)45-7-2)28(41)24-38(5,44)35(33)37(43)40-27-17-12-14-19-30(27)46-8-3/h11-14,16-21,23,33-35,44H,6-10,15,22,24H2,1-5H3,(H,39,42)(H,40,43). The molecular formula is C38H48N2O8. The van der Waals surface area contributed by atoms with Crippen LogP contribution in [0.15, 0.2) is 66.7 Å². The van der Waals surface area contributed by atoms with Gasteiger partial charge in [0.15, 0.2) is 11.5 Å². The Bertz CT molecular complexity index is 1560. The Hall–Kier alpha value is -4.57. The van der Waals surface area contributed by atoms with Crippen molar-refractivity contribution in [2.24, 2.45) is 11.8 Å². The molecule has 0 heterocycles. The molecule has 1 fully saturated rings. The van der Waals surface area contributed by atoms with Gasteiger partial charge in [-0.2, -0.15) is 0 Å². The number of hydrogen-bond acceptors (Lipinski definition) is 8. The smallest absolute Gasteiger partial charge is 0.235 e. The van der Waals surface area contributed by atoms with Crippen LogP contribution in [0.4, 0.5) is 11.4 Å². The lowest BCUT2D eigenvalue weighted by molar-refractivity contribution is -0.150. The number of nitrogens with one attached hydrogen (secondary N) is 2. The summed E-state index contributed by atoms with van der Waals surface area (Å²) in [5.41, 5.74) is -0.517. The second-order valence-corrected chi connectivity index (χ2v) is 12.0. The summed E-state index contributed by atoms with van der Waals surface area (Å²) in [5.74, 6) is -3.45. The summed E-state index contributed by atoms with van der Waals surface area (Å²) in [4.78, 5) is 42.5. The van der Waals surface area contributed by atoms with Gasteiger partial charge in [0.25, 0.3) is 0 Å². The lowest BCUT2D eigenvalue weighted by Gasteiger charge is -2.44. The number of rotatable bonds is 16. The Balaban J connectivity index is 1.82. The zero-order chi connectivity index (χ0) is 34.7. The number of ketones is 1. The minimum Gasteiger partial charge on any atom is -0.492 e. The van der Waals surface area contributed by atoms with Crippen molar-refractivity contribution in [2.45, 2.75) is 71.8 Å².